The van der Waals surface area contributed by atoms with Gasteiger partial charge in [0.05, 0.1) is 10.6 Å². The molecule has 0 aliphatic heterocycles. The largest absolute Gasteiger partial charge is 0.478 e. The zero-order valence-electron chi connectivity index (χ0n) is 11.7. The molecule has 0 amide bonds. The third-order valence-corrected chi connectivity index (χ3v) is 4.17. The van der Waals surface area contributed by atoms with Crippen LogP contribution in [0.4, 0.5) is 0 Å². The van der Waals surface area contributed by atoms with E-state index in [2.05, 4.69) is 9.97 Å². The van der Waals surface area contributed by atoms with Crippen LogP contribution < -0.4 is 0 Å². The number of hydrogen-bond donors (Lipinski definition) is 2. The second-order valence-electron chi connectivity index (χ2n) is 4.89. The van der Waals surface area contributed by atoms with Crippen molar-refractivity contribution >= 4 is 28.6 Å². The summed E-state index contributed by atoms with van der Waals surface area (Å²) in [4.78, 5) is 19.1. The summed E-state index contributed by atoms with van der Waals surface area (Å²) in [5.74, 6) is -0.946. The molecule has 0 radical (unpaired) electrons. The second-order valence-corrected chi connectivity index (χ2v) is 5.92. The Balaban J connectivity index is 2.06. The van der Waals surface area contributed by atoms with Crippen LogP contribution in [0.25, 0.3) is 10.9 Å². The maximum atomic E-state index is 11.5. The van der Waals surface area contributed by atoms with Crippen molar-refractivity contribution in [2.45, 2.75) is 23.9 Å². The van der Waals surface area contributed by atoms with E-state index in [1.165, 1.54) is 11.8 Å². The van der Waals surface area contributed by atoms with Crippen molar-refractivity contribution in [2.24, 2.45) is 0 Å². The molecule has 0 atom stereocenters. The molecule has 3 aromatic rings. The Morgan fingerprint density at radius 1 is 1.24 bits per heavy atom. The van der Waals surface area contributed by atoms with Gasteiger partial charge in [-0.3, -0.25) is 0 Å². The minimum Gasteiger partial charge on any atom is -0.478 e. The number of H-pyrrole nitrogens is 1. The van der Waals surface area contributed by atoms with Gasteiger partial charge >= 0.3 is 5.97 Å². The van der Waals surface area contributed by atoms with E-state index in [0.29, 0.717) is 5.03 Å². The molecule has 5 heteroatoms. The molecule has 1 aromatic carbocycles. The van der Waals surface area contributed by atoms with E-state index < -0.39 is 5.97 Å². The number of aromatic nitrogens is 2. The normalized spacial score (nSPS) is 11.0. The Labute approximate surface area is 126 Å². The van der Waals surface area contributed by atoms with Crippen molar-refractivity contribution < 1.29 is 9.90 Å². The molecule has 0 bridgehead atoms. The van der Waals surface area contributed by atoms with E-state index in [1.807, 2.05) is 37.3 Å². The number of carbonyl (C=O) groups is 1. The third-order valence-electron chi connectivity index (χ3n) is 3.24. The third kappa shape index (κ3) is 2.64. The first kappa shape index (κ1) is 13.7. The summed E-state index contributed by atoms with van der Waals surface area (Å²) in [6.07, 6.45) is 0. The number of aromatic amines is 1. The van der Waals surface area contributed by atoms with E-state index in [0.717, 1.165) is 27.2 Å². The molecule has 0 aliphatic carbocycles. The molecule has 0 saturated carbocycles. The van der Waals surface area contributed by atoms with Crippen molar-refractivity contribution in [2.75, 3.05) is 0 Å². The van der Waals surface area contributed by atoms with E-state index in [1.54, 1.807) is 13.0 Å². The number of nitrogens with one attached hydrogen (secondary N) is 1. The van der Waals surface area contributed by atoms with Crippen LogP contribution in [-0.4, -0.2) is 21.0 Å². The Hall–Kier alpha value is -2.27. The van der Waals surface area contributed by atoms with E-state index >= 15 is 0 Å². The summed E-state index contributed by atoms with van der Waals surface area (Å²) in [6.45, 7) is 3.67. The average Bonchev–Trinajstić information content (AvgIpc) is 2.79. The summed E-state index contributed by atoms with van der Waals surface area (Å²) in [6, 6.07) is 11.7. The molecule has 2 heterocycles. The molecule has 0 spiro atoms. The molecular weight excluding hydrogens is 284 g/mol. The molecule has 106 valence electrons. The Kier molecular flexibility index (Phi) is 3.43. The lowest BCUT2D eigenvalue weighted by Gasteiger charge is -2.08. The van der Waals surface area contributed by atoms with Gasteiger partial charge in [0, 0.05) is 16.6 Å². The maximum absolute atomic E-state index is 11.5. The topological polar surface area (TPSA) is 66.0 Å². The molecule has 2 aromatic heterocycles. The molecule has 2 N–H and O–H groups in total. The average molecular weight is 298 g/mol. The minimum absolute atomic E-state index is 0.268. The predicted octanol–water partition coefficient (Wildman–Crippen LogP) is 4.03. The fourth-order valence-electron chi connectivity index (χ4n) is 2.34. The van der Waals surface area contributed by atoms with Crippen LogP contribution in [0.2, 0.25) is 0 Å². The smallest absolute Gasteiger partial charge is 0.338 e. The Morgan fingerprint density at radius 3 is 2.71 bits per heavy atom. The van der Waals surface area contributed by atoms with Gasteiger partial charge in [-0.1, -0.05) is 30.0 Å². The van der Waals surface area contributed by atoms with Gasteiger partial charge in [0.1, 0.15) is 5.03 Å². The highest BCUT2D eigenvalue weighted by atomic mass is 32.2. The number of carboxylic acids is 1. The number of aromatic carboxylic acids is 1. The summed E-state index contributed by atoms with van der Waals surface area (Å²) in [7, 11) is 0. The van der Waals surface area contributed by atoms with Gasteiger partial charge in [-0.15, -0.1) is 0 Å². The lowest BCUT2D eigenvalue weighted by Crippen LogP contribution is -2.05. The van der Waals surface area contributed by atoms with E-state index in [9.17, 15) is 9.90 Å². The minimum atomic E-state index is -0.946. The first-order valence-electron chi connectivity index (χ1n) is 6.52. The molecule has 0 unspecified atom stereocenters. The second kappa shape index (κ2) is 5.26. The lowest BCUT2D eigenvalue weighted by atomic mass is 10.1. The number of hydrogen-bond acceptors (Lipinski definition) is 3. The van der Waals surface area contributed by atoms with Gasteiger partial charge in [0.2, 0.25) is 0 Å². The number of aryl methyl sites for hydroxylation is 2. The Bertz CT molecular complexity index is 806. The summed E-state index contributed by atoms with van der Waals surface area (Å²) in [5, 5.41) is 11.9. The van der Waals surface area contributed by atoms with Gasteiger partial charge in [-0.2, -0.15) is 0 Å². The maximum Gasteiger partial charge on any atom is 0.338 e. The fourth-order valence-corrected chi connectivity index (χ4v) is 3.44. The zero-order valence-corrected chi connectivity index (χ0v) is 12.5. The SMILES string of the molecule is Cc1cc(C)c(C(=O)O)c(Sc2cc3ccccc3[nH]2)n1. The van der Waals surface area contributed by atoms with Crippen molar-refractivity contribution in [3.05, 3.63) is 53.2 Å². The Morgan fingerprint density at radius 2 is 2.00 bits per heavy atom. The molecule has 0 aliphatic rings. The number of fused-ring (bicyclic) bond motifs is 1. The van der Waals surface area contributed by atoms with E-state index in [4.69, 9.17) is 0 Å². The van der Waals surface area contributed by atoms with Crippen LogP contribution in [0.3, 0.4) is 0 Å². The van der Waals surface area contributed by atoms with Crippen LogP contribution in [0, 0.1) is 13.8 Å². The van der Waals surface area contributed by atoms with Crippen molar-refractivity contribution in [1.82, 2.24) is 9.97 Å². The quantitative estimate of drug-likeness (QED) is 0.766. The summed E-state index contributed by atoms with van der Waals surface area (Å²) < 4.78 is 0. The highest BCUT2D eigenvalue weighted by Crippen LogP contribution is 2.32. The van der Waals surface area contributed by atoms with Crippen LogP contribution in [0.1, 0.15) is 21.6 Å². The zero-order chi connectivity index (χ0) is 15.0. The van der Waals surface area contributed by atoms with Gasteiger partial charge < -0.3 is 10.1 Å². The van der Waals surface area contributed by atoms with Gasteiger partial charge in [0.25, 0.3) is 0 Å². The highest BCUT2D eigenvalue weighted by molar-refractivity contribution is 7.99. The molecule has 21 heavy (non-hydrogen) atoms. The molecule has 0 saturated heterocycles. The van der Waals surface area contributed by atoms with Gasteiger partial charge in [-0.05, 0) is 37.6 Å². The predicted molar refractivity (Wildman–Crippen MR) is 83.1 cm³/mol. The summed E-state index contributed by atoms with van der Waals surface area (Å²) in [5.41, 5.74) is 2.84. The van der Waals surface area contributed by atoms with Gasteiger partial charge in [0.15, 0.2) is 0 Å². The van der Waals surface area contributed by atoms with Crippen LogP contribution in [0.5, 0.6) is 0 Å². The lowest BCUT2D eigenvalue weighted by molar-refractivity contribution is 0.0691. The monoisotopic (exact) mass is 298 g/mol. The molecule has 0 fully saturated rings. The number of carboxylic acid groups (broad SMARTS) is 1. The van der Waals surface area contributed by atoms with Crippen molar-refractivity contribution in [1.29, 1.82) is 0 Å². The number of benzene rings is 1. The highest BCUT2D eigenvalue weighted by Gasteiger charge is 2.17. The summed E-state index contributed by atoms with van der Waals surface area (Å²) >= 11 is 1.35. The molecular formula is C16H14N2O2S. The van der Waals surface area contributed by atoms with Crippen molar-refractivity contribution in [3.63, 3.8) is 0 Å². The van der Waals surface area contributed by atoms with E-state index in [-0.39, 0.29) is 5.56 Å². The first-order valence-corrected chi connectivity index (χ1v) is 7.33. The number of pyridine rings is 1. The first-order chi connectivity index (χ1) is 10.0. The number of nitrogens with zero attached hydrogens (tertiary/aromatic N) is 1. The van der Waals surface area contributed by atoms with Crippen LogP contribution >= 0.6 is 11.8 Å². The van der Waals surface area contributed by atoms with Crippen molar-refractivity contribution in [3.8, 4) is 0 Å². The molecule has 3 rings (SSSR count). The van der Waals surface area contributed by atoms with Crippen LogP contribution in [-0.2, 0) is 0 Å². The fraction of sp³-hybridized carbons (Fsp3) is 0.125. The standard InChI is InChI=1S/C16H14N2O2S/c1-9-7-10(2)17-15(14(9)16(19)20)21-13-8-11-5-3-4-6-12(11)18-13/h3-8,18H,1-2H3,(H,19,20). The number of rotatable bonds is 3. The number of para-hydroxylation sites is 1. The molecule has 4 nitrogen and oxygen atoms in total. The van der Waals surface area contributed by atoms with Crippen LogP contribution in [0.15, 0.2) is 46.5 Å². The van der Waals surface area contributed by atoms with Gasteiger partial charge in [-0.25, -0.2) is 9.78 Å².